The number of benzene rings is 3. The fraction of sp³-hybridized carbons (Fsp3) is 0.222. The normalized spacial score (nSPS) is 14.3. The molecule has 1 aliphatic rings. The maximum atomic E-state index is 12.6. The molecule has 2 heterocycles. The number of carbonyl (C=O) groups is 2. The third-order valence-electron chi connectivity index (χ3n) is 6.08. The largest absolute Gasteiger partial charge is 0.343 e. The summed E-state index contributed by atoms with van der Waals surface area (Å²) in [6.07, 6.45) is 0. The number of rotatable bonds is 6. The topological polar surface area (TPSA) is 65.5 Å². The molecule has 0 aliphatic carbocycles. The zero-order valence-electron chi connectivity index (χ0n) is 18.8. The van der Waals surface area contributed by atoms with E-state index in [2.05, 4.69) is 16.3 Å². The Morgan fingerprint density at radius 2 is 1.50 bits per heavy atom. The number of hydrogen-bond acceptors (Lipinski definition) is 5. The van der Waals surface area contributed by atoms with Crippen LogP contribution in [0.15, 0.2) is 78.9 Å². The molecule has 6 nitrogen and oxygen atoms in total. The molecule has 172 valence electrons. The van der Waals surface area contributed by atoms with Gasteiger partial charge in [0, 0.05) is 31.7 Å². The molecule has 7 heteroatoms. The third-order valence-corrected chi connectivity index (χ3v) is 7.10. The van der Waals surface area contributed by atoms with Gasteiger partial charge in [-0.15, -0.1) is 11.3 Å². The second-order valence-electron chi connectivity index (χ2n) is 8.36. The first-order valence-electron chi connectivity index (χ1n) is 11.4. The van der Waals surface area contributed by atoms with Gasteiger partial charge in [-0.1, -0.05) is 54.6 Å². The highest BCUT2D eigenvalue weighted by molar-refractivity contribution is 7.18. The van der Waals surface area contributed by atoms with Crippen LogP contribution in [0.5, 0.6) is 0 Å². The van der Waals surface area contributed by atoms with Gasteiger partial charge in [-0.2, -0.15) is 0 Å². The summed E-state index contributed by atoms with van der Waals surface area (Å²) in [5.41, 5.74) is 3.75. The van der Waals surface area contributed by atoms with Gasteiger partial charge in [-0.3, -0.25) is 14.5 Å². The van der Waals surface area contributed by atoms with Crippen molar-refractivity contribution >= 4 is 33.4 Å². The second-order valence-corrected chi connectivity index (χ2v) is 9.47. The first-order valence-corrected chi connectivity index (χ1v) is 12.3. The van der Waals surface area contributed by atoms with Crippen molar-refractivity contribution in [3.63, 3.8) is 0 Å². The molecule has 5 rings (SSSR count). The van der Waals surface area contributed by atoms with E-state index in [1.165, 1.54) is 4.70 Å². The summed E-state index contributed by atoms with van der Waals surface area (Å²) in [6, 6.07) is 25.6. The molecule has 0 radical (unpaired) electrons. The van der Waals surface area contributed by atoms with Crippen LogP contribution in [0.25, 0.3) is 21.3 Å². The summed E-state index contributed by atoms with van der Waals surface area (Å²) in [7, 11) is 0. The van der Waals surface area contributed by atoms with Crippen molar-refractivity contribution in [2.75, 3.05) is 32.7 Å². The third kappa shape index (κ3) is 5.16. The molecule has 0 atom stereocenters. The molecule has 0 unspecified atom stereocenters. The van der Waals surface area contributed by atoms with Gasteiger partial charge in [0.2, 0.25) is 5.91 Å². The van der Waals surface area contributed by atoms with Crippen LogP contribution in [0.4, 0.5) is 0 Å². The number of thiazole rings is 1. The average molecular weight is 471 g/mol. The lowest BCUT2D eigenvalue weighted by Crippen LogP contribution is -2.50. The Bertz CT molecular complexity index is 1250. The van der Waals surface area contributed by atoms with Crippen LogP contribution in [-0.4, -0.2) is 59.3 Å². The summed E-state index contributed by atoms with van der Waals surface area (Å²) in [4.78, 5) is 34.0. The van der Waals surface area contributed by atoms with E-state index < -0.39 is 0 Å². The van der Waals surface area contributed by atoms with Gasteiger partial charge in [0.1, 0.15) is 5.01 Å². The summed E-state index contributed by atoms with van der Waals surface area (Å²) in [5.74, 6) is -0.281. The first-order chi connectivity index (χ1) is 16.7. The highest BCUT2D eigenvalue weighted by Gasteiger charge is 2.22. The van der Waals surface area contributed by atoms with Crippen LogP contribution in [0, 0.1) is 0 Å². The molecular weight excluding hydrogens is 444 g/mol. The Morgan fingerprint density at radius 1 is 0.824 bits per heavy atom. The van der Waals surface area contributed by atoms with E-state index in [-0.39, 0.29) is 18.4 Å². The molecule has 0 spiro atoms. The van der Waals surface area contributed by atoms with Gasteiger partial charge >= 0.3 is 0 Å². The number of piperazine rings is 1. The lowest BCUT2D eigenvalue weighted by Gasteiger charge is -2.34. The van der Waals surface area contributed by atoms with E-state index in [0.717, 1.165) is 41.3 Å². The van der Waals surface area contributed by atoms with Crippen molar-refractivity contribution in [3.8, 4) is 11.1 Å². The van der Waals surface area contributed by atoms with Crippen LogP contribution >= 0.6 is 11.3 Å². The molecule has 1 aromatic heterocycles. The number of nitrogens with one attached hydrogen (secondary N) is 1. The second kappa shape index (κ2) is 10.2. The molecular formula is C27H26N4O2S. The molecule has 1 aliphatic heterocycles. The van der Waals surface area contributed by atoms with E-state index in [9.17, 15) is 9.59 Å². The lowest BCUT2D eigenvalue weighted by molar-refractivity contribution is -0.131. The fourth-order valence-corrected chi connectivity index (χ4v) is 5.16. The number of para-hydroxylation sites is 1. The number of aromatic nitrogens is 1. The van der Waals surface area contributed by atoms with Crippen LogP contribution < -0.4 is 5.32 Å². The van der Waals surface area contributed by atoms with Gasteiger partial charge < -0.3 is 10.2 Å². The molecule has 2 amide bonds. The molecule has 3 aromatic carbocycles. The number of hydrogen-bond donors (Lipinski definition) is 1. The van der Waals surface area contributed by atoms with Crippen LogP contribution in [-0.2, 0) is 11.3 Å². The summed E-state index contributed by atoms with van der Waals surface area (Å²) < 4.78 is 1.21. The summed E-state index contributed by atoms with van der Waals surface area (Å²) >= 11 is 1.73. The van der Waals surface area contributed by atoms with Crippen molar-refractivity contribution in [1.82, 2.24) is 20.1 Å². The molecule has 4 aromatic rings. The molecule has 1 fully saturated rings. The monoisotopic (exact) mass is 470 g/mol. The number of fused-ring (bicyclic) bond motifs is 1. The standard InChI is InChI=1S/C27H26N4O2S/c32-26(18-28-27(33)22-12-10-21(11-13-22)20-6-2-1-3-7-20)31-16-14-30(15-17-31)19-25-29-23-8-4-5-9-24(23)34-25/h1-13H,14-19H2,(H,28,33). The SMILES string of the molecule is O=C(NCC(=O)N1CCN(Cc2nc3ccccc3s2)CC1)c1ccc(-c2ccccc2)cc1. The Morgan fingerprint density at radius 3 is 2.24 bits per heavy atom. The highest BCUT2D eigenvalue weighted by Crippen LogP contribution is 2.23. The molecule has 0 saturated carbocycles. The van der Waals surface area contributed by atoms with E-state index in [0.29, 0.717) is 18.7 Å². The quantitative estimate of drug-likeness (QED) is 0.462. The van der Waals surface area contributed by atoms with E-state index in [1.807, 2.05) is 65.6 Å². The van der Waals surface area contributed by atoms with Crippen LogP contribution in [0.2, 0.25) is 0 Å². The van der Waals surface area contributed by atoms with Crippen molar-refractivity contribution < 1.29 is 9.59 Å². The maximum Gasteiger partial charge on any atom is 0.251 e. The molecule has 1 N–H and O–H groups in total. The molecule has 0 bridgehead atoms. The van der Waals surface area contributed by atoms with E-state index >= 15 is 0 Å². The first kappa shape index (κ1) is 22.3. The van der Waals surface area contributed by atoms with Gasteiger partial charge in [-0.25, -0.2) is 4.98 Å². The molecule has 1 saturated heterocycles. The smallest absolute Gasteiger partial charge is 0.251 e. The lowest BCUT2D eigenvalue weighted by atomic mass is 10.0. The summed E-state index contributed by atoms with van der Waals surface area (Å²) in [5, 5.41) is 3.87. The predicted molar refractivity (Wildman–Crippen MR) is 136 cm³/mol. The Hall–Kier alpha value is -3.55. The Kier molecular flexibility index (Phi) is 6.65. The number of nitrogens with zero attached hydrogens (tertiary/aromatic N) is 3. The summed E-state index contributed by atoms with van der Waals surface area (Å²) in [6.45, 7) is 3.73. The minimum absolute atomic E-state index is 0.0111. The van der Waals surface area contributed by atoms with Crippen molar-refractivity contribution in [1.29, 1.82) is 0 Å². The Labute approximate surface area is 202 Å². The minimum atomic E-state index is -0.234. The van der Waals surface area contributed by atoms with E-state index in [1.54, 1.807) is 23.5 Å². The van der Waals surface area contributed by atoms with Gasteiger partial charge in [0.05, 0.1) is 23.3 Å². The fourth-order valence-electron chi connectivity index (χ4n) is 4.15. The zero-order valence-corrected chi connectivity index (χ0v) is 19.6. The van der Waals surface area contributed by atoms with E-state index in [4.69, 9.17) is 4.98 Å². The van der Waals surface area contributed by atoms with Crippen molar-refractivity contribution in [2.24, 2.45) is 0 Å². The maximum absolute atomic E-state index is 12.6. The zero-order chi connectivity index (χ0) is 23.3. The molecule has 34 heavy (non-hydrogen) atoms. The van der Waals surface area contributed by atoms with Gasteiger partial charge in [-0.05, 0) is 35.4 Å². The number of amides is 2. The van der Waals surface area contributed by atoms with Gasteiger partial charge in [0.25, 0.3) is 5.91 Å². The predicted octanol–water partition coefficient (Wildman–Crippen LogP) is 4.04. The van der Waals surface area contributed by atoms with Crippen molar-refractivity contribution in [3.05, 3.63) is 89.4 Å². The van der Waals surface area contributed by atoms with Gasteiger partial charge in [0.15, 0.2) is 0 Å². The highest BCUT2D eigenvalue weighted by atomic mass is 32.1. The Balaban J connectivity index is 1.08. The average Bonchev–Trinajstić information content (AvgIpc) is 3.30. The van der Waals surface area contributed by atoms with Crippen LogP contribution in [0.3, 0.4) is 0 Å². The van der Waals surface area contributed by atoms with Crippen LogP contribution in [0.1, 0.15) is 15.4 Å². The minimum Gasteiger partial charge on any atom is -0.343 e. The van der Waals surface area contributed by atoms with Crippen molar-refractivity contribution in [2.45, 2.75) is 6.54 Å². The number of carbonyl (C=O) groups excluding carboxylic acids is 2.